The van der Waals surface area contributed by atoms with Crippen molar-refractivity contribution in [1.29, 1.82) is 0 Å². The van der Waals surface area contributed by atoms with Gasteiger partial charge in [0.2, 0.25) is 0 Å². The lowest BCUT2D eigenvalue weighted by Gasteiger charge is -2.26. The summed E-state index contributed by atoms with van der Waals surface area (Å²) in [5, 5.41) is 0. The predicted octanol–water partition coefficient (Wildman–Crippen LogP) is 5.27. The maximum absolute atomic E-state index is 13.0. The van der Waals surface area contributed by atoms with Crippen molar-refractivity contribution in [3.05, 3.63) is 99.7 Å². The molecule has 1 aliphatic rings. The maximum Gasteiger partial charge on any atom is 0.416 e. The van der Waals surface area contributed by atoms with Crippen molar-refractivity contribution in [2.24, 2.45) is 0 Å². The van der Waals surface area contributed by atoms with Gasteiger partial charge in [-0.05, 0) is 24.3 Å². The number of aromatic amines is 1. The van der Waals surface area contributed by atoms with Crippen LogP contribution in [-0.4, -0.2) is 21.4 Å². The van der Waals surface area contributed by atoms with Crippen LogP contribution in [0.25, 0.3) is 22.7 Å². The molecule has 2 aromatic heterocycles. The highest BCUT2D eigenvalue weighted by molar-refractivity contribution is 5.59. The number of halogens is 3. The number of aromatic nitrogens is 2. The standard InChI is InChI=1S/C25H20F3N3O2/c26-25(27,28)18-8-4-7-17(13-18)22-10-9-19(33-22)14-31-12-11-21-20(15-31)24(32)30-23(29-21)16-5-2-1-3-6-16/h1-10,13H,11-12,14-15H2,(H,29,30,32). The number of nitrogens with one attached hydrogen (secondary N) is 1. The van der Waals surface area contributed by atoms with E-state index in [1.165, 1.54) is 6.07 Å². The van der Waals surface area contributed by atoms with E-state index >= 15 is 0 Å². The lowest BCUT2D eigenvalue weighted by atomic mass is 10.1. The van der Waals surface area contributed by atoms with Crippen LogP contribution in [0, 0.1) is 0 Å². The molecular formula is C25H20F3N3O2. The highest BCUT2D eigenvalue weighted by atomic mass is 19.4. The van der Waals surface area contributed by atoms with Gasteiger partial charge in [-0.3, -0.25) is 9.69 Å². The van der Waals surface area contributed by atoms with Crippen molar-refractivity contribution in [2.75, 3.05) is 6.54 Å². The molecule has 1 N–H and O–H groups in total. The van der Waals surface area contributed by atoms with E-state index < -0.39 is 11.7 Å². The van der Waals surface area contributed by atoms with Crippen LogP contribution in [0.1, 0.15) is 22.6 Å². The first-order valence-electron chi connectivity index (χ1n) is 10.5. The summed E-state index contributed by atoms with van der Waals surface area (Å²) in [5.74, 6) is 1.56. The molecule has 5 nitrogen and oxygen atoms in total. The molecule has 0 bridgehead atoms. The molecule has 0 spiro atoms. The number of fused-ring (bicyclic) bond motifs is 1. The topological polar surface area (TPSA) is 62.1 Å². The van der Waals surface area contributed by atoms with E-state index in [2.05, 4.69) is 14.9 Å². The van der Waals surface area contributed by atoms with Crippen LogP contribution < -0.4 is 5.56 Å². The number of hydrogen-bond acceptors (Lipinski definition) is 4. The molecule has 168 valence electrons. The first-order valence-corrected chi connectivity index (χ1v) is 10.5. The van der Waals surface area contributed by atoms with Gasteiger partial charge in [0, 0.05) is 30.6 Å². The molecule has 0 atom stereocenters. The van der Waals surface area contributed by atoms with Gasteiger partial charge in [-0.25, -0.2) is 4.98 Å². The SMILES string of the molecule is O=c1[nH]c(-c2ccccc2)nc2c1CN(Cc1ccc(-c3cccc(C(F)(F)F)c3)o1)CC2. The largest absolute Gasteiger partial charge is 0.460 e. The van der Waals surface area contributed by atoms with Gasteiger partial charge in [0.05, 0.1) is 23.4 Å². The van der Waals surface area contributed by atoms with Gasteiger partial charge in [0.15, 0.2) is 0 Å². The van der Waals surface area contributed by atoms with Gasteiger partial charge in [-0.2, -0.15) is 13.2 Å². The van der Waals surface area contributed by atoms with E-state index in [0.717, 1.165) is 23.4 Å². The third kappa shape index (κ3) is 4.47. The van der Waals surface area contributed by atoms with E-state index in [1.54, 1.807) is 18.2 Å². The van der Waals surface area contributed by atoms with E-state index in [0.29, 0.717) is 54.5 Å². The minimum Gasteiger partial charge on any atom is -0.460 e. The molecule has 4 aromatic rings. The Kier molecular flexibility index (Phi) is 5.38. The molecule has 33 heavy (non-hydrogen) atoms. The zero-order valence-electron chi connectivity index (χ0n) is 17.5. The summed E-state index contributed by atoms with van der Waals surface area (Å²) in [6.07, 6.45) is -3.78. The van der Waals surface area contributed by atoms with Crippen LogP contribution in [0.5, 0.6) is 0 Å². The fraction of sp³-hybridized carbons (Fsp3) is 0.200. The minimum atomic E-state index is -4.41. The monoisotopic (exact) mass is 451 g/mol. The Morgan fingerprint density at radius 2 is 1.79 bits per heavy atom. The Labute approximate surface area is 187 Å². The summed E-state index contributed by atoms with van der Waals surface area (Å²) in [5.41, 5.74) is 1.77. The lowest BCUT2D eigenvalue weighted by molar-refractivity contribution is -0.137. The first kappa shape index (κ1) is 21.2. The number of benzene rings is 2. The summed E-state index contributed by atoms with van der Waals surface area (Å²) in [6.45, 7) is 1.56. The number of furan rings is 1. The van der Waals surface area contributed by atoms with Crippen molar-refractivity contribution in [3.8, 4) is 22.7 Å². The van der Waals surface area contributed by atoms with Gasteiger partial charge in [0.1, 0.15) is 17.3 Å². The number of hydrogen-bond donors (Lipinski definition) is 1. The van der Waals surface area contributed by atoms with Crippen molar-refractivity contribution in [1.82, 2.24) is 14.9 Å². The zero-order valence-corrected chi connectivity index (χ0v) is 17.5. The Bertz CT molecular complexity index is 1340. The molecule has 0 unspecified atom stereocenters. The molecule has 8 heteroatoms. The molecule has 0 fully saturated rings. The minimum absolute atomic E-state index is 0.160. The summed E-state index contributed by atoms with van der Waals surface area (Å²) >= 11 is 0. The number of nitrogens with zero attached hydrogens (tertiary/aromatic N) is 2. The van der Waals surface area contributed by atoms with Crippen molar-refractivity contribution < 1.29 is 17.6 Å². The molecule has 2 aromatic carbocycles. The molecule has 0 aliphatic carbocycles. The Morgan fingerprint density at radius 3 is 2.58 bits per heavy atom. The molecule has 0 amide bonds. The van der Waals surface area contributed by atoms with E-state index in [4.69, 9.17) is 4.42 Å². The van der Waals surface area contributed by atoms with Crippen LogP contribution in [0.3, 0.4) is 0 Å². The molecular weight excluding hydrogens is 431 g/mol. The number of alkyl halides is 3. The maximum atomic E-state index is 13.0. The van der Waals surface area contributed by atoms with Gasteiger partial charge >= 0.3 is 6.18 Å². The van der Waals surface area contributed by atoms with Crippen LogP contribution in [-0.2, 0) is 25.7 Å². The fourth-order valence-electron chi connectivity index (χ4n) is 4.04. The second-order valence-electron chi connectivity index (χ2n) is 8.01. The molecule has 5 rings (SSSR count). The number of rotatable bonds is 4. The third-order valence-electron chi connectivity index (χ3n) is 5.71. The van der Waals surface area contributed by atoms with Crippen molar-refractivity contribution in [2.45, 2.75) is 25.7 Å². The average Bonchev–Trinajstić information content (AvgIpc) is 3.28. The van der Waals surface area contributed by atoms with Crippen LogP contribution in [0.4, 0.5) is 13.2 Å². The van der Waals surface area contributed by atoms with Crippen molar-refractivity contribution in [3.63, 3.8) is 0 Å². The summed E-state index contributed by atoms with van der Waals surface area (Å²) in [7, 11) is 0. The molecule has 3 heterocycles. The van der Waals surface area contributed by atoms with Gasteiger partial charge in [0.25, 0.3) is 5.56 Å². The fourth-order valence-corrected chi connectivity index (χ4v) is 4.04. The Morgan fingerprint density at radius 1 is 1.00 bits per heavy atom. The summed E-state index contributed by atoms with van der Waals surface area (Å²) in [4.78, 5) is 22.3. The van der Waals surface area contributed by atoms with Crippen LogP contribution in [0.15, 0.2) is 75.9 Å². The zero-order chi connectivity index (χ0) is 23.0. The Balaban J connectivity index is 1.32. The van der Waals surface area contributed by atoms with E-state index in [9.17, 15) is 18.0 Å². The average molecular weight is 451 g/mol. The predicted molar refractivity (Wildman–Crippen MR) is 117 cm³/mol. The van der Waals surface area contributed by atoms with Gasteiger partial charge in [-0.15, -0.1) is 0 Å². The highest BCUT2D eigenvalue weighted by Crippen LogP contribution is 2.33. The first-order chi connectivity index (χ1) is 15.9. The Hall–Kier alpha value is -3.65. The highest BCUT2D eigenvalue weighted by Gasteiger charge is 2.30. The molecule has 0 radical (unpaired) electrons. The molecule has 1 aliphatic heterocycles. The van der Waals surface area contributed by atoms with E-state index in [1.807, 2.05) is 30.3 Å². The summed E-state index contributed by atoms with van der Waals surface area (Å²) in [6, 6.07) is 18.0. The second kappa shape index (κ2) is 8.37. The lowest BCUT2D eigenvalue weighted by Crippen LogP contribution is -2.35. The third-order valence-corrected chi connectivity index (χ3v) is 5.71. The number of H-pyrrole nitrogens is 1. The molecule has 0 saturated carbocycles. The van der Waals surface area contributed by atoms with Crippen molar-refractivity contribution >= 4 is 0 Å². The van der Waals surface area contributed by atoms with Gasteiger partial charge in [-0.1, -0.05) is 42.5 Å². The molecule has 0 saturated heterocycles. The summed E-state index contributed by atoms with van der Waals surface area (Å²) < 4.78 is 44.8. The van der Waals surface area contributed by atoms with Crippen LogP contribution in [0.2, 0.25) is 0 Å². The van der Waals surface area contributed by atoms with Gasteiger partial charge < -0.3 is 9.40 Å². The van der Waals surface area contributed by atoms with E-state index in [-0.39, 0.29) is 5.56 Å². The smallest absolute Gasteiger partial charge is 0.416 e. The quantitative estimate of drug-likeness (QED) is 0.459. The van der Waals surface area contributed by atoms with Crippen LogP contribution >= 0.6 is 0 Å². The second-order valence-corrected chi connectivity index (χ2v) is 8.01. The normalized spacial score (nSPS) is 14.3.